The summed E-state index contributed by atoms with van der Waals surface area (Å²) in [6.07, 6.45) is 6.73. The number of aliphatic hydroxyl groups excluding tert-OH is 1. The van der Waals surface area contributed by atoms with Crippen molar-refractivity contribution in [3.63, 3.8) is 0 Å². The number of allylic oxidation sites excluding steroid dienone is 3. The molecule has 0 radical (unpaired) electrons. The smallest absolute Gasteiger partial charge is 0.182 e. The zero-order valence-corrected chi connectivity index (χ0v) is 15.2. The van der Waals surface area contributed by atoms with Crippen molar-refractivity contribution in [1.82, 2.24) is 0 Å². The standard InChI is InChI=1S/C19H30O5/c1-5-6-7-16(21)13(2)10-18(23-3)19(24-4)12-14-11-15(20)8-9-17(14)22/h8-9,11,13,16,18-19,21H,5-7,10,12H2,1-4H3. The van der Waals surface area contributed by atoms with Gasteiger partial charge in [-0.1, -0.05) is 26.7 Å². The van der Waals surface area contributed by atoms with E-state index in [1.165, 1.54) is 18.2 Å². The molecule has 5 nitrogen and oxygen atoms in total. The van der Waals surface area contributed by atoms with Gasteiger partial charge in [0, 0.05) is 26.2 Å². The first kappa shape index (κ1) is 20.7. The van der Waals surface area contributed by atoms with Crippen molar-refractivity contribution in [2.45, 2.75) is 64.3 Å². The quantitative estimate of drug-likeness (QED) is 0.586. The van der Waals surface area contributed by atoms with Gasteiger partial charge in [0.15, 0.2) is 11.6 Å². The third-order valence-corrected chi connectivity index (χ3v) is 4.59. The van der Waals surface area contributed by atoms with Crippen molar-refractivity contribution in [2.24, 2.45) is 5.92 Å². The zero-order valence-electron chi connectivity index (χ0n) is 15.2. The van der Waals surface area contributed by atoms with E-state index in [0.29, 0.717) is 18.4 Å². The Labute approximate surface area is 144 Å². The van der Waals surface area contributed by atoms with Gasteiger partial charge in [0.05, 0.1) is 18.3 Å². The Kier molecular flexibility index (Phi) is 9.11. The minimum Gasteiger partial charge on any atom is -0.393 e. The van der Waals surface area contributed by atoms with E-state index in [0.717, 1.165) is 19.3 Å². The van der Waals surface area contributed by atoms with Gasteiger partial charge in [-0.3, -0.25) is 9.59 Å². The van der Waals surface area contributed by atoms with Crippen LogP contribution in [0.5, 0.6) is 0 Å². The summed E-state index contributed by atoms with van der Waals surface area (Å²) in [6, 6.07) is 0. The second kappa shape index (κ2) is 10.5. The number of hydrogen-bond donors (Lipinski definition) is 1. The summed E-state index contributed by atoms with van der Waals surface area (Å²) in [5, 5.41) is 10.2. The molecule has 24 heavy (non-hydrogen) atoms. The van der Waals surface area contributed by atoms with Crippen LogP contribution >= 0.6 is 0 Å². The van der Waals surface area contributed by atoms with E-state index in [1.54, 1.807) is 14.2 Å². The van der Waals surface area contributed by atoms with Gasteiger partial charge in [0.25, 0.3) is 0 Å². The molecular weight excluding hydrogens is 308 g/mol. The van der Waals surface area contributed by atoms with Crippen LogP contribution < -0.4 is 0 Å². The number of ketones is 2. The summed E-state index contributed by atoms with van der Waals surface area (Å²) in [5.74, 6) is -0.281. The van der Waals surface area contributed by atoms with Gasteiger partial charge in [0.1, 0.15) is 0 Å². The molecule has 0 saturated heterocycles. The van der Waals surface area contributed by atoms with Gasteiger partial charge in [0.2, 0.25) is 0 Å². The van der Waals surface area contributed by atoms with Gasteiger partial charge in [-0.15, -0.1) is 0 Å². The first-order valence-electron chi connectivity index (χ1n) is 8.63. The number of unbranched alkanes of at least 4 members (excludes halogenated alkanes) is 1. The van der Waals surface area contributed by atoms with E-state index in [9.17, 15) is 14.7 Å². The fourth-order valence-electron chi connectivity index (χ4n) is 2.92. The Morgan fingerprint density at radius 2 is 1.79 bits per heavy atom. The summed E-state index contributed by atoms with van der Waals surface area (Å²) in [6.45, 7) is 4.09. The molecule has 5 heteroatoms. The SMILES string of the molecule is CCCCC(O)C(C)CC(OC)C(CC1=CC(=O)C=CC1=O)OC. The predicted molar refractivity (Wildman–Crippen MR) is 92.8 cm³/mol. The van der Waals surface area contributed by atoms with E-state index in [2.05, 4.69) is 6.92 Å². The van der Waals surface area contributed by atoms with Crippen LogP contribution in [0, 0.1) is 5.92 Å². The monoisotopic (exact) mass is 338 g/mol. The van der Waals surface area contributed by atoms with Gasteiger partial charge in [-0.2, -0.15) is 0 Å². The van der Waals surface area contributed by atoms with Crippen molar-refractivity contribution in [3.05, 3.63) is 23.8 Å². The van der Waals surface area contributed by atoms with E-state index < -0.39 is 0 Å². The maximum atomic E-state index is 11.9. The van der Waals surface area contributed by atoms with Crippen molar-refractivity contribution < 1.29 is 24.2 Å². The first-order chi connectivity index (χ1) is 11.4. The molecule has 0 fully saturated rings. The number of carbonyl (C=O) groups excluding carboxylic acids is 2. The zero-order chi connectivity index (χ0) is 18.1. The Bertz CT molecular complexity index is 480. The Morgan fingerprint density at radius 1 is 1.12 bits per heavy atom. The molecule has 4 unspecified atom stereocenters. The van der Waals surface area contributed by atoms with E-state index in [1.807, 2.05) is 6.92 Å². The highest BCUT2D eigenvalue weighted by Crippen LogP contribution is 2.24. The molecule has 0 aromatic carbocycles. The van der Waals surface area contributed by atoms with E-state index >= 15 is 0 Å². The molecule has 1 N–H and O–H groups in total. The Balaban J connectivity index is 2.69. The number of carbonyl (C=O) groups is 2. The Hall–Kier alpha value is -1.30. The normalized spacial score (nSPS) is 19.8. The number of methoxy groups -OCH3 is 2. The molecule has 0 saturated carbocycles. The van der Waals surface area contributed by atoms with Gasteiger partial charge in [-0.25, -0.2) is 0 Å². The molecule has 1 rings (SSSR count). The lowest BCUT2D eigenvalue weighted by molar-refractivity contribution is -0.115. The lowest BCUT2D eigenvalue weighted by Gasteiger charge is -2.29. The third kappa shape index (κ3) is 6.30. The summed E-state index contributed by atoms with van der Waals surface area (Å²) in [4.78, 5) is 23.4. The highest BCUT2D eigenvalue weighted by Gasteiger charge is 2.28. The number of hydrogen-bond acceptors (Lipinski definition) is 5. The van der Waals surface area contributed by atoms with Crippen LogP contribution in [-0.4, -0.2) is 49.2 Å². The fourth-order valence-corrected chi connectivity index (χ4v) is 2.92. The minimum absolute atomic E-state index is 0.0664. The molecule has 0 bridgehead atoms. The summed E-state index contributed by atoms with van der Waals surface area (Å²) < 4.78 is 11.1. The van der Waals surface area contributed by atoms with E-state index in [4.69, 9.17) is 9.47 Å². The summed E-state index contributed by atoms with van der Waals surface area (Å²) >= 11 is 0. The Morgan fingerprint density at radius 3 is 2.38 bits per heavy atom. The molecule has 0 aromatic heterocycles. The average Bonchev–Trinajstić information content (AvgIpc) is 2.58. The van der Waals surface area contributed by atoms with Crippen LogP contribution in [0.3, 0.4) is 0 Å². The number of rotatable bonds is 11. The molecule has 0 spiro atoms. The van der Waals surface area contributed by atoms with Crippen LogP contribution in [0.2, 0.25) is 0 Å². The predicted octanol–water partition coefficient (Wildman–Crippen LogP) is 2.62. The maximum absolute atomic E-state index is 11.9. The molecule has 0 heterocycles. The average molecular weight is 338 g/mol. The van der Waals surface area contributed by atoms with Crippen LogP contribution in [0.15, 0.2) is 23.8 Å². The molecular formula is C19H30O5. The topological polar surface area (TPSA) is 72.8 Å². The molecule has 1 aliphatic rings. The second-order valence-corrected chi connectivity index (χ2v) is 6.44. The first-order valence-corrected chi connectivity index (χ1v) is 8.63. The second-order valence-electron chi connectivity index (χ2n) is 6.44. The van der Waals surface area contributed by atoms with Crippen molar-refractivity contribution in [1.29, 1.82) is 0 Å². The van der Waals surface area contributed by atoms with Crippen LogP contribution in [-0.2, 0) is 19.1 Å². The molecule has 0 aromatic rings. The summed E-state index contributed by atoms with van der Waals surface area (Å²) in [7, 11) is 3.17. The molecule has 0 aliphatic heterocycles. The van der Waals surface area contributed by atoms with Crippen molar-refractivity contribution >= 4 is 11.6 Å². The van der Waals surface area contributed by atoms with Crippen molar-refractivity contribution in [2.75, 3.05) is 14.2 Å². The van der Waals surface area contributed by atoms with E-state index in [-0.39, 0.29) is 35.8 Å². The lowest BCUT2D eigenvalue weighted by Crippen LogP contribution is -2.35. The molecule has 1 aliphatic carbocycles. The lowest BCUT2D eigenvalue weighted by atomic mass is 9.89. The van der Waals surface area contributed by atoms with Crippen LogP contribution in [0.1, 0.15) is 46.0 Å². The largest absolute Gasteiger partial charge is 0.393 e. The summed E-state index contributed by atoms with van der Waals surface area (Å²) in [5.41, 5.74) is 0.440. The van der Waals surface area contributed by atoms with Crippen LogP contribution in [0.4, 0.5) is 0 Å². The third-order valence-electron chi connectivity index (χ3n) is 4.59. The van der Waals surface area contributed by atoms with Gasteiger partial charge < -0.3 is 14.6 Å². The van der Waals surface area contributed by atoms with Crippen LogP contribution in [0.25, 0.3) is 0 Å². The van der Waals surface area contributed by atoms with Gasteiger partial charge >= 0.3 is 0 Å². The fraction of sp³-hybridized carbons (Fsp3) is 0.684. The number of ether oxygens (including phenoxy) is 2. The molecule has 0 amide bonds. The maximum Gasteiger partial charge on any atom is 0.182 e. The highest BCUT2D eigenvalue weighted by molar-refractivity contribution is 6.17. The number of aliphatic hydroxyl groups is 1. The molecule has 136 valence electrons. The molecule has 4 atom stereocenters. The highest BCUT2D eigenvalue weighted by atomic mass is 16.5. The van der Waals surface area contributed by atoms with Gasteiger partial charge in [-0.05, 0) is 37.0 Å². The van der Waals surface area contributed by atoms with Crippen molar-refractivity contribution in [3.8, 4) is 0 Å². The minimum atomic E-state index is -0.375.